The van der Waals surface area contributed by atoms with Gasteiger partial charge >= 0.3 is 0 Å². The fraction of sp³-hybridized carbons (Fsp3) is 0.429. The van der Waals surface area contributed by atoms with Gasteiger partial charge in [-0.1, -0.05) is 24.5 Å². The lowest BCUT2D eigenvalue weighted by Crippen LogP contribution is -1.96. The maximum Gasteiger partial charge on any atom is 0.0480 e. The van der Waals surface area contributed by atoms with Gasteiger partial charge in [0.05, 0.1) is 0 Å². The summed E-state index contributed by atoms with van der Waals surface area (Å²) >= 11 is 0. The molecule has 1 aromatic carbocycles. The molecule has 0 aliphatic heterocycles. The van der Waals surface area contributed by atoms with Crippen LogP contribution in [0.4, 0.5) is 0 Å². The molecule has 0 atom stereocenters. The Labute approximate surface area is 90.7 Å². The SMILES string of the molecule is Cc1ccc2c(ccn2CCC2CC2)c1. The fourth-order valence-corrected chi connectivity index (χ4v) is 2.24. The van der Waals surface area contributed by atoms with Crippen molar-refractivity contribution in [2.24, 2.45) is 5.92 Å². The summed E-state index contributed by atoms with van der Waals surface area (Å²) < 4.78 is 2.40. The van der Waals surface area contributed by atoms with Crippen LogP contribution < -0.4 is 0 Å². The summed E-state index contributed by atoms with van der Waals surface area (Å²) in [5, 5.41) is 1.38. The first kappa shape index (κ1) is 9.02. The highest BCUT2D eigenvalue weighted by Crippen LogP contribution is 2.33. The molecule has 1 aliphatic carbocycles. The second-order valence-corrected chi connectivity index (χ2v) is 4.80. The summed E-state index contributed by atoms with van der Waals surface area (Å²) in [7, 11) is 0. The Balaban J connectivity index is 1.89. The van der Waals surface area contributed by atoms with Crippen LogP contribution >= 0.6 is 0 Å². The van der Waals surface area contributed by atoms with E-state index in [1.807, 2.05) is 0 Å². The van der Waals surface area contributed by atoms with E-state index in [-0.39, 0.29) is 0 Å². The van der Waals surface area contributed by atoms with Gasteiger partial charge in [-0.25, -0.2) is 0 Å². The van der Waals surface area contributed by atoms with Gasteiger partial charge in [-0.15, -0.1) is 0 Å². The minimum Gasteiger partial charge on any atom is -0.347 e. The van der Waals surface area contributed by atoms with E-state index in [9.17, 15) is 0 Å². The predicted octanol–water partition coefficient (Wildman–Crippen LogP) is 3.75. The van der Waals surface area contributed by atoms with E-state index in [0.717, 1.165) is 5.92 Å². The Bertz CT molecular complexity index is 477. The van der Waals surface area contributed by atoms with E-state index < -0.39 is 0 Å². The smallest absolute Gasteiger partial charge is 0.0480 e. The van der Waals surface area contributed by atoms with Crippen molar-refractivity contribution in [1.82, 2.24) is 4.57 Å². The van der Waals surface area contributed by atoms with Gasteiger partial charge < -0.3 is 4.57 Å². The average Bonchev–Trinajstić information content (AvgIpc) is 2.97. The predicted molar refractivity (Wildman–Crippen MR) is 64.0 cm³/mol. The number of benzene rings is 1. The summed E-state index contributed by atoms with van der Waals surface area (Å²) in [6, 6.07) is 8.95. The third kappa shape index (κ3) is 1.79. The Morgan fingerprint density at radius 1 is 1.27 bits per heavy atom. The number of fused-ring (bicyclic) bond motifs is 1. The Morgan fingerprint density at radius 2 is 2.13 bits per heavy atom. The summed E-state index contributed by atoms with van der Waals surface area (Å²) in [6.45, 7) is 3.35. The molecular weight excluding hydrogens is 182 g/mol. The van der Waals surface area contributed by atoms with E-state index in [1.165, 1.54) is 42.3 Å². The minimum absolute atomic E-state index is 1.02. The molecule has 1 saturated carbocycles. The third-order valence-corrected chi connectivity index (χ3v) is 3.40. The third-order valence-electron chi connectivity index (χ3n) is 3.40. The Hall–Kier alpha value is -1.24. The van der Waals surface area contributed by atoms with E-state index in [0.29, 0.717) is 0 Å². The molecule has 0 saturated heterocycles. The second kappa shape index (κ2) is 3.41. The number of aromatic nitrogens is 1. The first-order chi connectivity index (χ1) is 7.33. The molecule has 0 spiro atoms. The van der Waals surface area contributed by atoms with Crippen molar-refractivity contribution >= 4 is 10.9 Å². The monoisotopic (exact) mass is 199 g/mol. The van der Waals surface area contributed by atoms with Gasteiger partial charge in [-0.2, -0.15) is 0 Å². The highest BCUT2D eigenvalue weighted by molar-refractivity contribution is 5.80. The van der Waals surface area contributed by atoms with Crippen LogP contribution in [0.1, 0.15) is 24.8 Å². The van der Waals surface area contributed by atoms with Crippen LogP contribution in [0.3, 0.4) is 0 Å². The number of hydrogen-bond acceptors (Lipinski definition) is 0. The number of rotatable bonds is 3. The summed E-state index contributed by atoms with van der Waals surface area (Å²) in [4.78, 5) is 0. The second-order valence-electron chi connectivity index (χ2n) is 4.80. The maximum absolute atomic E-state index is 2.40. The zero-order chi connectivity index (χ0) is 10.3. The molecule has 1 aromatic heterocycles. The lowest BCUT2D eigenvalue weighted by molar-refractivity contribution is 0.611. The van der Waals surface area contributed by atoms with Crippen LogP contribution in [0.2, 0.25) is 0 Å². The highest BCUT2D eigenvalue weighted by Gasteiger charge is 2.20. The lowest BCUT2D eigenvalue weighted by atomic mass is 10.2. The molecule has 2 aromatic rings. The number of nitrogens with zero attached hydrogens (tertiary/aromatic N) is 1. The van der Waals surface area contributed by atoms with Crippen molar-refractivity contribution in [2.45, 2.75) is 32.7 Å². The number of hydrogen-bond donors (Lipinski definition) is 0. The molecule has 0 unspecified atom stereocenters. The number of aryl methyl sites for hydroxylation is 2. The van der Waals surface area contributed by atoms with Crippen molar-refractivity contribution in [2.75, 3.05) is 0 Å². The molecule has 0 bridgehead atoms. The van der Waals surface area contributed by atoms with Gasteiger partial charge in [0.2, 0.25) is 0 Å². The van der Waals surface area contributed by atoms with E-state index in [1.54, 1.807) is 0 Å². The molecule has 1 aliphatic rings. The largest absolute Gasteiger partial charge is 0.347 e. The molecular formula is C14H17N. The molecule has 0 amide bonds. The van der Waals surface area contributed by atoms with Crippen molar-refractivity contribution in [1.29, 1.82) is 0 Å². The molecule has 1 heteroatoms. The van der Waals surface area contributed by atoms with Crippen molar-refractivity contribution in [3.05, 3.63) is 36.0 Å². The first-order valence-corrected chi connectivity index (χ1v) is 5.88. The van der Waals surface area contributed by atoms with Crippen molar-refractivity contribution in [3.8, 4) is 0 Å². The highest BCUT2D eigenvalue weighted by atomic mass is 14.9. The van der Waals surface area contributed by atoms with Gasteiger partial charge in [0.1, 0.15) is 0 Å². The zero-order valence-electron chi connectivity index (χ0n) is 9.24. The molecule has 3 rings (SSSR count). The zero-order valence-corrected chi connectivity index (χ0v) is 9.24. The van der Waals surface area contributed by atoms with Crippen LogP contribution in [0.25, 0.3) is 10.9 Å². The molecule has 1 fully saturated rings. The Morgan fingerprint density at radius 3 is 2.93 bits per heavy atom. The molecule has 1 heterocycles. The topological polar surface area (TPSA) is 4.93 Å². The van der Waals surface area contributed by atoms with Crippen LogP contribution in [0, 0.1) is 12.8 Å². The van der Waals surface area contributed by atoms with Gasteiger partial charge in [-0.05, 0) is 42.8 Å². The van der Waals surface area contributed by atoms with E-state index in [2.05, 4.69) is 42.0 Å². The molecule has 15 heavy (non-hydrogen) atoms. The summed E-state index contributed by atoms with van der Waals surface area (Å²) in [6.07, 6.45) is 6.50. The lowest BCUT2D eigenvalue weighted by Gasteiger charge is -2.04. The van der Waals surface area contributed by atoms with Crippen LogP contribution in [0.15, 0.2) is 30.5 Å². The first-order valence-electron chi connectivity index (χ1n) is 5.88. The quantitative estimate of drug-likeness (QED) is 0.709. The summed E-state index contributed by atoms with van der Waals surface area (Å²) in [5.41, 5.74) is 2.74. The average molecular weight is 199 g/mol. The van der Waals surface area contributed by atoms with Crippen LogP contribution in [-0.2, 0) is 6.54 Å². The van der Waals surface area contributed by atoms with Crippen LogP contribution in [-0.4, -0.2) is 4.57 Å². The van der Waals surface area contributed by atoms with E-state index >= 15 is 0 Å². The molecule has 78 valence electrons. The van der Waals surface area contributed by atoms with Crippen LogP contribution in [0.5, 0.6) is 0 Å². The minimum atomic E-state index is 1.02. The fourth-order valence-electron chi connectivity index (χ4n) is 2.24. The van der Waals surface area contributed by atoms with E-state index in [4.69, 9.17) is 0 Å². The van der Waals surface area contributed by atoms with Gasteiger partial charge in [0, 0.05) is 18.3 Å². The molecule has 0 radical (unpaired) electrons. The molecule has 0 N–H and O–H groups in total. The summed E-state index contributed by atoms with van der Waals surface area (Å²) in [5.74, 6) is 1.02. The Kier molecular flexibility index (Phi) is 2.05. The normalized spacial score (nSPS) is 16.1. The van der Waals surface area contributed by atoms with Crippen molar-refractivity contribution < 1.29 is 0 Å². The van der Waals surface area contributed by atoms with Crippen molar-refractivity contribution in [3.63, 3.8) is 0 Å². The van der Waals surface area contributed by atoms with Gasteiger partial charge in [-0.3, -0.25) is 0 Å². The standard InChI is InChI=1S/C14H17N/c1-11-2-5-14-13(10-11)7-9-15(14)8-6-12-3-4-12/h2,5,7,9-10,12H,3-4,6,8H2,1H3. The van der Waals surface area contributed by atoms with Gasteiger partial charge in [0.25, 0.3) is 0 Å². The molecule has 1 nitrogen and oxygen atoms in total. The maximum atomic E-state index is 2.40. The van der Waals surface area contributed by atoms with Gasteiger partial charge in [0.15, 0.2) is 0 Å².